The molecule has 0 aliphatic heterocycles. The van der Waals surface area contributed by atoms with Gasteiger partial charge in [0.2, 0.25) is 0 Å². The fourth-order valence-electron chi connectivity index (χ4n) is 1.20. The minimum atomic E-state index is 0.652. The normalized spacial score (nSPS) is 31.3. The molecule has 1 aliphatic rings. The molecule has 2 atom stereocenters. The Bertz CT molecular complexity index is 208. The molecule has 0 aromatic carbocycles. The summed E-state index contributed by atoms with van der Waals surface area (Å²) in [5.41, 5.74) is 1.23. The SMILES string of the molecule is C[C@@H]1c2nnsc2[C@@H]1C. The third kappa shape index (κ3) is 0.503. The van der Waals surface area contributed by atoms with Crippen molar-refractivity contribution in [2.45, 2.75) is 25.7 Å². The van der Waals surface area contributed by atoms with Crippen molar-refractivity contribution in [3.63, 3.8) is 0 Å². The summed E-state index contributed by atoms with van der Waals surface area (Å²) in [5, 5.41) is 4.00. The van der Waals surface area contributed by atoms with Crippen LogP contribution >= 0.6 is 11.5 Å². The maximum atomic E-state index is 4.00. The summed E-state index contributed by atoms with van der Waals surface area (Å²) >= 11 is 1.54. The van der Waals surface area contributed by atoms with Gasteiger partial charge in [0.05, 0.1) is 10.6 Å². The summed E-state index contributed by atoms with van der Waals surface area (Å²) in [6.45, 7) is 4.43. The molecule has 9 heavy (non-hydrogen) atoms. The first-order valence-corrected chi connectivity index (χ1v) is 3.90. The van der Waals surface area contributed by atoms with Gasteiger partial charge in [0, 0.05) is 11.8 Å². The van der Waals surface area contributed by atoms with E-state index in [1.807, 2.05) is 0 Å². The smallest absolute Gasteiger partial charge is 0.0824 e. The van der Waals surface area contributed by atoms with Crippen LogP contribution < -0.4 is 0 Å². The standard InChI is InChI=1S/C6H8N2S/c1-3-4(2)6-5(3)7-8-9-6/h3-4H,1-2H3/t3-,4+/m0/s1. The van der Waals surface area contributed by atoms with E-state index in [1.54, 1.807) is 11.5 Å². The fourth-order valence-corrected chi connectivity index (χ4v) is 2.11. The highest BCUT2D eigenvalue weighted by Gasteiger charge is 2.34. The maximum Gasteiger partial charge on any atom is 0.0824 e. The molecule has 0 amide bonds. The highest BCUT2D eigenvalue weighted by molar-refractivity contribution is 7.06. The Labute approximate surface area is 58.1 Å². The number of fused-ring (bicyclic) bond motifs is 1. The van der Waals surface area contributed by atoms with Gasteiger partial charge in [-0.05, 0) is 11.5 Å². The quantitative estimate of drug-likeness (QED) is 0.548. The number of hydrogen-bond donors (Lipinski definition) is 0. The topological polar surface area (TPSA) is 25.8 Å². The highest BCUT2D eigenvalue weighted by atomic mass is 32.1. The van der Waals surface area contributed by atoms with E-state index in [2.05, 4.69) is 23.4 Å². The summed E-state index contributed by atoms with van der Waals surface area (Å²) in [7, 11) is 0. The average molecular weight is 140 g/mol. The van der Waals surface area contributed by atoms with Crippen LogP contribution in [0.15, 0.2) is 0 Å². The van der Waals surface area contributed by atoms with E-state index in [9.17, 15) is 0 Å². The Morgan fingerprint density at radius 3 is 2.78 bits per heavy atom. The van der Waals surface area contributed by atoms with Crippen molar-refractivity contribution in [2.75, 3.05) is 0 Å². The van der Waals surface area contributed by atoms with Crippen molar-refractivity contribution in [3.05, 3.63) is 10.6 Å². The lowest BCUT2D eigenvalue weighted by Gasteiger charge is -2.27. The van der Waals surface area contributed by atoms with Crippen molar-refractivity contribution in [2.24, 2.45) is 0 Å². The molecule has 0 bridgehead atoms. The maximum absolute atomic E-state index is 4.00. The van der Waals surface area contributed by atoms with E-state index < -0.39 is 0 Å². The Hall–Kier alpha value is -0.440. The Balaban J connectivity index is 2.50. The molecule has 1 aliphatic carbocycles. The van der Waals surface area contributed by atoms with Crippen LogP contribution in [0.25, 0.3) is 0 Å². The molecule has 0 fully saturated rings. The van der Waals surface area contributed by atoms with Crippen LogP contribution in [-0.4, -0.2) is 9.59 Å². The summed E-state index contributed by atoms with van der Waals surface area (Å²) in [5.74, 6) is 1.36. The summed E-state index contributed by atoms with van der Waals surface area (Å²) in [4.78, 5) is 1.39. The summed E-state index contributed by atoms with van der Waals surface area (Å²) in [6.07, 6.45) is 0. The van der Waals surface area contributed by atoms with Gasteiger partial charge in [-0.3, -0.25) is 0 Å². The molecule has 0 N–H and O–H groups in total. The van der Waals surface area contributed by atoms with Crippen molar-refractivity contribution < 1.29 is 0 Å². The number of nitrogens with zero attached hydrogens (tertiary/aromatic N) is 2. The molecule has 1 heterocycles. The van der Waals surface area contributed by atoms with Gasteiger partial charge >= 0.3 is 0 Å². The monoisotopic (exact) mass is 140 g/mol. The van der Waals surface area contributed by atoms with E-state index in [0.29, 0.717) is 11.8 Å². The Morgan fingerprint density at radius 2 is 2.11 bits per heavy atom. The van der Waals surface area contributed by atoms with Gasteiger partial charge in [-0.15, -0.1) is 5.10 Å². The molecule has 2 rings (SSSR count). The molecule has 48 valence electrons. The first-order valence-electron chi connectivity index (χ1n) is 3.13. The molecular formula is C6H8N2S. The van der Waals surface area contributed by atoms with Crippen LogP contribution in [0.1, 0.15) is 36.3 Å². The van der Waals surface area contributed by atoms with Crippen molar-refractivity contribution in [1.29, 1.82) is 0 Å². The van der Waals surface area contributed by atoms with Gasteiger partial charge in [-0.25, -0.2) is 0 Å². The van der Waals surface area contributed by atoms with Crippen molar-refractivity contribution >= 4 is 11.5 Å². The van der Waals surface area contributed by atoms with Gasteiger partial charge in [-0.1, -0.05) is 18.3 Å². The van der Waals surface area contributed by atoms with Gasteiger partial charge in [-0.2, -0.15) is 0 Å². The highest BCUT2D eigenvalue weighted by Crippen LogP contribution is 2.46. The molecule has 0 unspecified atom stereocenters. The summed E-state index contributed by atoms with van der Waals surface area (Å²) in [6, 6.07) is 0. The Morgan fingerprint density at radius 1 is 1.33 bits per heavy atom. The van der Waals surface area contributed by atoms with Gasteiger partial charge < -0.3 is 0 Å². The lowest BCUT2D eigenvalue weighted by atomic mass is 9.79. The van der Waals surface area contributed by atoms with E-state index >= 15 is 0 Å². The van der Waals surface area contributed by atoms with E-state index in [1.165, 1.54) is 10.6 Å². The second-order valence-electron chi connectivity index (χ2n) is 2.60. The molecule has 0 radical (unpaired) electrons. The molecule has 1 aromatic rings. The molecule has 2 nitrogen and oxygen atoms in total. The fraction of sp³-hybridized carbons (Fsp3) is 0.667. The van der Waals surface area contributed by atoms with Crippen LogP contribution in [0.2, 0.25) is 0 Å². The number of aromatic nitrogens is 2. The van der Waals surface area contributed by atoms with Gasteiger partial charge in [0.25, 0.3) is 0 Å². The predicted octanol–water partition coefficient (Wildman–Crippen LogP) is 1.76. The van der Waals surface area contributed by atoms with E-state index in [4.69, 9.17) is 0 Å². The largest absolute Gasteiger partial charge is 0.143 e. The summed E-state index contributed by atoms with van der Waals surface area (Å²) < 4.78 is 3.88. The number of hydrogen-bond acceptors (Lipinski definition) is 3. The van der Waals surface area contributed by atoms with Crippen LogP contribution in [0, 0.1) is 0 Å². The van der Waals surface area contributed by atoms with Crippen LogP contribution in [0.5, 0.6) is 0 Å². The first kappa shape index (κ1) is 5.35. The molecular weight excluding hydrogens is 132 g/mol. The zero-order chi connectivity index (χ0) is 6.43. The minimum absolute atomic E-state index is 0.652. The van der Waals surface area contributed by atoms with Crippen LogP contribution in [0.4, 0.5) is 0 Å². The molecule has 0 spiro atoms. The van der Waals surface area contributed by atoms with Crippen molar-refractivity contribution in [3.8, 4) is 0 Å². The average Bonchev–Trinajstić information content (AvgIpc) is 2.30. The molecule has 1 aromatic heterocycles. The van der Waals surface area contributed by atoms with E-state index in [0.717, 1.165) is 0 Å². The van der Waals surface area contributed by atoms with Crippen LogP contribution in [0.3, 0.4) is 0 Å². The lowest BCUT2D eigenvalue weighted by Crippen LogP contribution is -2.16. The minimum Gasteiger partial charge on any atom is -0.143 e. The van der Waals surface area contributed by atoms with Gasteiger partial charge in [0.15, 0.2) is 0 Å². The predicted molar refractivity (Wildman–Crippen MR) is 36.7 cm³/mol. The zero-order valence-corrected chi connectivity index (χ0v) is 6.27. The number of rotatable bonds is 0. The van der Waals surface area contributed by atoms with Gasteiger partial charge in [0.1, 0.15) is 0 Å². The van der Waals surface area contributed by atoms with Crippen molar-refractivity contribution in [1.82, 2.24) is 9.59 Å². The second kappa shape index (κ2) is 1.53. The first-order chi connectivity index (χ1) is 4.30. The molecule has 0 saturated heterocycles. The third-order valence-corrected chi connectivity index (χ3v) is 3.08. The third-order valence-electron chi connectivity index (χ3n) is 2.14. The second-order valence-corrected chi connectivity index (χ2v) is 3.39. The Kier molecular flexibility index (Phi) is 0.913. The van der Waals surface area contributed by atoms with E-state index in [-0.39, 0.29) is 0 Å². The molecule has 0 saturated carbocycles. The van der Waals surface area contributed by atoms with Crippen LogP contribution in [-0.2, 0) is 0 Å². The molecule has 3 heteroatoms. The lowest BCUT2D eigenvalue weighted by molar-refractivity contribution is 0.536. The zero-order valence-electron chi connectivity index (χ0n) is 5.46.